The summed E-state index contributed by atoms with van der Waals surface area (Å²) in [6, 6.07) is 5.58. The highest BCUT2D eigenvalue weighted by molar-refractivity contribution is 9.10. The Morgan fingerprint density at radius 1 is 1.33 bits per heavy atom. The lowest BCUT2D eigenvalue weighted by Crippen LogP contribution is -2.49. The molecule has 0 aliphatic carbocycles. The second-order valence-electron chi connectivity index (χ2n) is 7.09. The number of benzene rings is 1. The maximum Gasteiger partial charge on any atom is 0.328 e. The van der Waals surface area contributed by atoms with Crippen LogP contribution in [-0.2, 0) is 11.3 Å². The van der Waals surface area contributed by atoms with E-state index in [-0.39, 0.29) is 28.8 Å². The van der Waals surface area contributed by atoms with Gasteiger partial charge in [0.1, 0.15) is 13.2 Å². The van der Waals surface area contributed by atoms with Crippen molar-refractivity contribution in [1.29, 1.82) is 0 Å². The molecule has 7 nitrogen and oxygen atoms in total. The predicted molar refractivity (Wildman–Crippen MR) is 102 cm³/mol. The van der Waals surface area contributed by atoms with Gasteiger partial charge in [0.25, 0.3) is 5.56 Å². The first-order valence-electron chi connectivity index (χ1n) is 8.24. The van der Waals surface area contributed by atoms with E-state index in [2.05, 4.69) is 26.2 Å². The molecule has 0 saturated heterocycles. The maximum absolute atomic E-state index is 13.7. The van der Waals surface area contributed by atoms with Crippen molar-refractivity contribution >= 4 is 21.8 Å². The Bertz CT molecular complexity index is 933. The lowest BCUT2D eigenvalue weighted by Gasteiger charge is -2.31. The fourth-order valence-corrected chi connectivity index (χ4v) is 2.58. The number of carbonyl (C=O) groups is 1. The first-order valence-corrected chi connectivity index (χ1v) is 9.03. The summed E-state index contributed by atoms with van der Waals surface area (Å²) in [5.41, 5.74) is -1.63. The Morgan fingerprint density at radius 2 is 2.00 bits per heavy atom. The quantitative estimate of drug-likeness (QED) is 0.717. The van der Waals surface area contributed by atoms with Gasteiger partial charge >= 0.3 is 5.69 Å². The van der Waals surface area contributed by atoms with Crippen LogP contribution in [0, 0.1) is 11.2 Å². The zero-order chi connectivity index (χ0) is 20.2. The van der Waals surface area contributed by atoms with Gasteiger partial charge in [-0.25, -0.2) is 9.18 Å². The highest BCUT2D eigenvalue weighted by Crippen LogP contribution is 2.22. The molecule has 1 amide bonds. The number of nitrogens with one attached hydrogen (secondary N) is 2. The Labute approximate surface area is 163 Å². The van der Waals surface area contributed by atoms with Crippen LogP contribution in [0.1, 0.15) is 20.8 Å². The molecular weight excluding hydrogens is 421 g/mol. The van der Waals surface area contributed by atoms with E-state index in [4.69, 9.17) is 4.74 Å². The van der Waals surface area contributed by atoms with Gasteiger partial charge in [0.15, 0.2) is 11.6 Å². The Morgan fingerprint density at radius 3 is 2.63 bits per heavy atom. The molecule has 2 N–H and O–H groups in total. The lowest BCUT2D eigenvalue weighted by atomic mass is 9.87. The molecule has 0 spiro atoms. The van der Waals surface area contributed by atoms with Crippen molar-refractivity contribution < 1.29 is 13.9 Å². The standard InChI is InChI=1S/C18H21BrFN3O4/c1-18(2,3)14(10-27-13-7-5-4-6-12(13)20)21-15(24)9-23-8-11(19)16(25)22-17(23)26/h4-8,14H,9-10H2,1-3H3,(H,21,24)(H,22,25,26). The number of nitrogens with zero attached hydrogens (tertiary/aromatic N) is 1. The normalized spacial score (nSPS) is 12.5. The molecule has 0 aliphatic heterocycles. The largest absolute Gasteiger partial charge is 0.488 e. The van der Waals surface area contributed by atoms with E-state index in [1.165, 1.54) is 18.3 Å². The molecule has 2 rings (SSSR count). The third-order valence-electron chi connectivity index (χ3n) is 3.90. The molecule has 2 aromatic rings. The van der Waals surface area contributed by atoms with Gasteiger partial charge in [-0.3, -0.25) is 19.1 Å². The fourth-order valence-electron chi connectivity index (χ4n) is 2.24. The number of aromatic nitrogens is 2. The van der Waals surface area contributed by atoms with Crippen LogP contribution in [0.15, 0.2) is 44.5 Å². The van der Waals surface area contributed by atoms with Crippen LogP contribution in [0.4, 0.5) is 4.39 Å². The minimum atomic E-state index is -0.687. The first kappa shape index (κ1) is 20.9. The SMILES string of the molecule is CC(C)(C)C(COc1ccccc1F)NC(=O)Cn1cc(Br)c(=O)[nH]c1=O. The maximum atomic E-state index is 13.7. The van der Waals surface area contributed by atoms with E-state index in [1.54, 1.807) is 12.1 Å². The molecule has 1 atom stereocenters. The number of aromatic amines is 1. The van der Waals surface area contributed by atoms with E-state index in [9.17, 15) is 18.8 Å². The third-order valence-corrected chi connectivity index (χ3v) is 4.47. The second-order valence-corrected chi connectivity index (χ2v) is 7.95. The van der Waals surface area contributed by atoms with E-state index in [1.807, 2.05) is 20.8 Å². The molecule has 1 aromatic carbocycles. The lowest BCUT2D eigenvalue weighted by molar-refractivity contribution is -0.123. The summed E-state index contributed by atoms with van der Waals surface area (Å²) < 4.78 is 20.5. The van der Waals surface area contributed by atoms with Gasteiger partial charge < -0.3 is 10.1 Å². The van der Waals surface area contributed by atoms with Crippen molar-refractivity contribution in [2.75, 3.05) is 6.61 Å². The third kappa shape index (κ3) is 5.78. The van der Waals surface area contributed by atoms with E-state index >= 15 is 0 Å². The molecule has 9 heteroatoms. The van der Waals surface area contributed by atoms with Gasteiger partial charge in [0.05, 0.1) is 10.5 Å². The monoisotopic (exact) mass is 441 g/mol. The number of hydrogen-bond acceptors (Lipinski definition) is 4. The molecule has 0 bridgehead atoms. The summed E-state index contributed by atoms with van der Waals surface area (Å²) in [7, 11) is 0. The Kier molecular flexibility index (Phi) is 6.59. The van der Waals surface area contributed by atoms with Crippen molar-refractivity contribution in [3.05, 3.63) is 61.6 Å². The number of ether oxygens (including phenoxy) is 1. The smallest absolute Gasteiger partial charge is 0.328 e. The fraction of sp³-hybridized carbons (Fsp3) is 0.389. The molecular formula is C18H21BrFN3O4. The number of amides is 1. The zero-order valence-corrected chi connectivity index (χ0v) is 16.8. The van der Waals surface area contributed by atoms with E-state index in [0.29, 0.717) is 0 Å². The number of halogens is 2. The van der Waals surface area contributed by atoms with Gasteiger partial charge in [-0.1, -0.05) is 32.9 Å². The van der Waals surface area contributed by atoms with Crippen LogP contribution in [-0.4, -0.2) is 28.1 Å². The van der Waals surface area contributed by atoms with Gasteiger partial charge in [-0.2, -0.15) is 0 Å². The van der Waals surface area contributed by atoms with Crippen LogP contribution in [0.2, 0.25) is 0 Å². The average molecular weight is 442 g/mol. The Hall–Kier alpha value is -2.42. The van der Waals surface area contributed by atoms with Crippen molar-refractivity contribution in [3.63, 3.8) is 0 Å². The van der Waals surface area contributed by atoms with Gasteiger partial charge in [0.2, 0.25) is 5.91 Å². The second kappa shape index (κ2) is 8.51. The molecule has 0 saturated carbocycles. The van der Waals surface area contributed by atoms with Crippen molar-refractivity contribution in [1.82, 2.24) is 14.9 Å². The summed E-state index contributed by atoms with van der Waals surface area (Å²) in [6.45, 7) is 5.50. The summed E-state index contributed by atoms with van der Waals surface area (Å²) in [5, 5.41) is 2.80. The van der Waals surface area contributed by atoms with Crippen molar-refractivity contribution in [2.24, 2.45) is 5.41 Å². The topological polar surface area (TPSA) is 93.2 Å². The molecule has 0 radical (unpaired) electrons. The van der Waals surface area contributed by atoms with Crippen LogP contribution in [0.25, 0.3) is 0 Å². The van der Waals surface area contributed by atoms with Crippen molar-refractivity contribution in [3.8, 4) is 5.75 Å². The van der Waals surface area contributed by atoms with Gasteiger partial charge in [0, 0.05) is 6.20 Å². The van der Waals surface area contributed by atoms with E-state index in [0.717, 1.165) is 4.57 Å². The van der Waals surface area contributed by atoms with Gasteiger partial charge in [-0.15, -0.1) is 0 Å². The van der Waals surface area contributed by atoms with Crippen LogP contribution >= 0.6 is 15.9 Å². The highest BCUT2D eigenvalue weighted by Gasteiger charge is 2.27. The molecule has 0 aliphatic rings. The molecule has 27 heavy (non-hydrogen) atoms. The number of rotatable bonds is 6. The molecule has 1 aromatic heterocycles. The Balaban J connectivity index is 2.08. The van der Waals surface area contributed by atoms with Crippen molar-refractivity contribution in [2.45, 2.75) is 33.4 Å². The zero-order valence-electron chi connectivity index (χ0n) is 15.2. The summed E-state index contributed by atoms with van der Waals surface area (Å²) >= 11 is 3.02. The summed E-state index contributed by atoms with van der Waals surface area (Å²) in [6.07, 6.45) is 1.25. The molecule has 146 valence electrons. The molecule has 1 heterocycles. The van der Waals surface area contributed by atoms with Crippen LogP contribution in [0.3, 0.4) is 0 Å². The van der Waals surface area contributed by atoms with Gasteiger partial charge in [-0.05, 0) is 33.5 Å². The minimum absolute atomic E-state index is 0.0559. The van der Waals surface area contributed by atoms with E-state index < -0.39 is 29.0 Å². The first-order chi connectivity index (χ1) is 12.6. The molecule has 0 fully saturated rings. The van der Waals surface area contributed by atoms with Crippen LogP contribution < -0.4 is 21.3 Å². The average Bonchev–Trinajstić information content (AvgIpc) is 2.56. The highest BCUT2D eigenvalue weighted by atomic mass is 79.9. The number of para-hydroxylation sites is 1. The number of carbonyl (C=O) groups excluding carboxylic acids is 1. The van der Waals surface area contributed by atoms with Crippen LogP contribution in [0.5, 0.6) is 5.75 Å². The minimum Gasteiger partial charge on any atom is -0.488 e. The number of H-pyrrole nitrogens is 1. The summed E-state index contributed by atoms with van der Waals surface area (Å²) in [5.74, 6) is -0.823. The molecule has 1 unspecified atom stereocenters. The summed E-state index contributed by atoms with van der Waals surface area (Å²) in [4.78, 5) is 37.7. The predicted octanol–water partition coefficient (Wildman–Crippen LogP) is 2.05. The number of hydrogen-bond donors (Lipinski definition) is 2.